The van der Waals surface area contributed by atoms with Crippen LogP contribution in [-0.4, -0.2) is 29.8 Å². The summed E-state index contributed by atoms with van der Waals surface area (Å²) in [6.07, 6.45) is 0. The lowest BCUT2D eigenvalue weighted by Crippen LogP contribution is -2.23. The van der Waals surface area contributed by atoms with Crippen LogP contribution in [0.4, 0.5) is 0 Å². The number of aromatic nitrogens is 1. The third-order valence-corrected chi connectivity index (χ3v) is 4.39. The number of methoxy groups -OCH3 is 1. The monoisotopic (exact) mass is 397 g/mol. The summed E-state index contributed by atoms with van der Waals surface area (Å²) in [4.78, 5) is 12.5. The van der Waals surface area contributed by atoms with Gasteiger partial charge in [0, 0.05) is 6.54 Å². The highest BCUT2D eigenvalue weighted by atomic mass is 35.5. The summed E-state index contributed by atoms with van der Waals surface area (Å²) in [6.45, 7) is 2.20. The number of ether oxygens (including phenoxy) is 1. The second-order valence-electron chi connectivity index (χ2n) is 5.78. The van der Waals surface area contributed by atoms with Crippen molar-refractivity contribution in [3.05, 3.63) is 52.7 Å². The molecule has 1 heterocycles. The zero-order valence-electron chi connectivity index (χ0n) is 15.1. The van der Waals surface area contributed by atoms with Gasteiger partial charge in [-0.15, -0.1) is 0 Å². The average Bonchev–Trinajstić information content (AvgIpc) is 3.14. The lowest BCUT2D eigenvalue weighted by atomic mass is 9.97. The number of hydrogen-bond acceptors (Lipinski definition) is 6. The van der Waals surface area contributed by atoms with E-state index in [9.17, 15) is 9.90 Å². The minimum atomic E-state index is -0.414. The zero-order valence-corrected chi connectivity index (χ0v) is 15.9. The number of phenols is 1. The number of carbonyl (C=O) groups is 1. The van der Waals surface area contributed by atoms with Crippen LogP contribution in [0, 0.1) is 11.3 Å². The van der Waals surface area contributed by atoms with E-state index in [0.29, 0.717) is 23.4 Å². The van der Waals surface area contributed by atoms with E-state index in [2.05, 4.69) is 10.5 Å². The van der Waals surface area contributed by atoms with Gasteiger partial charge in [-0.1, -0.05) is 28.9 Å². The highest BCUT2D eigenvalue weighted by molar-refractivity contribution is 6.32. The molecule has 1 amide bonds. The molecule has 0 unspecified atom stereocenters. The van der Waals surface area contributed by atoms with Gasteiger partial charge in [-0.25, -0.2) is 0 Å². The van der Waals surface area contributed by atoms with Crippen LogP contribution in [0.25, 0.3) is 22.5 Å². The number of hydrogen-bond donors (Lipinski definition) is 2. The van der Waals surface area contributed by atoms with Gasteiger partial charge in [0.1, 0.15) is 17.6 Å². The summed E-state index contributed by atoms with van der Waals surface area (Å²) in [5.41, 5.74) is 1.44. The van der Waals surface area contributed by atoms with E-state index >= 15 is 0 Å². The Morgan fingerprint density at radius 2 is 2.07 bits per heavy atom. The van der Waals surface area contributed by atoms with Crippen molar-refractivity contribution in [2.45, 2.75) is 6.92 Å². The molecule has 7 nitrogen and oxygen atoms in total. The number of carbonyl (C=O) groups excluding carboxylic acids is 1. The van der Waals surface area contributed by atoms with Crippen LogP contribution >= 0.6 is 11.6 Å². The first-order chi connectivity index (χ1) is 13.5. The van der Waals surface area contributed by atoms with Gasteiger partial charge in [0.05, 0.1) is 28.8 Å². The predicted octanol–water partition coefficient (Wildman–Crippen LogP) is 4.00. The Morgan fingerprint density at radius 3 is 2.68 bits per heavy atom. The van der Waals surface area contributed by atoms with Crippen molar-refractivity contribution >= 4 is 17.5 Å². The smallest absolute Gasteiger partial charge is 0.274 e. The van der Waals surface area contributed by atoms with Crippen molar-refractivity contribution in [1.29, 1.82) is 5.26 Å². The molecule has 0 spiro atoms. The van der Waals surface area contributed by atoms with E-state index in [4.69, 9.17) is 26.1 Å². The van der Waals surface area contributed by atoms with E-state index in [1.165, 1.54) is 12.1 Å². The van der Waals surface area contributed by atoms with Crippen LogP contribution in [-0.2, 0) is 0 Å². The van der Waals surface area contributed by atoms with Gasteiger partial charge in [-0.05, 0) is 36.8 Å². The minimum absolute atomic E-state index is 0.0712. The van der Waals surface area contributed by atoms with E-state index < -0.39 is 5.91 Å². The van der Waals surface area contributed by atoms with E-state index in [1.807, 2.05) is 6.07 Å². The Bertz CT molecular complexity index is 1070. The molecule has 8 heteroatoms. The number of nitriles is 1. The SMILES string of the molecule is CCNC(=O)c1noc(-c2cc(Cl)c(C#N)cc2O)c1-c1ccc(OC)cc1. The molecule has 0 fully saturated rings. The molecular formula is C20H16ClN3O4. The van der Waals surface area contributed by atoms with Crippen molar-refractivity contribution in [2.24, 2.45) is 0 Å². The fourth-order valence-electron chi connectivity index (χ4n) is 2.73. The number of nitrogens with one attached hydrogen (secondary N) is 1. The molecule has 0 atom stereocenters. The topological polar surface area (TPSA) is 108 Å². The van der Waals surface area contributed by atoms with Crippen LogP contribution in [0.5, 0.6) is 11.5 Å². The number of rotatable bonds is 5. The maximum absolute atomic E-state index is 12.5. The maximum atomic E-state index is 12.5. The number of aromatic hydroxyl groups is 1. The van der Waals surface area contributed by atoms with Gasteiger partial charge in [-0.3, -0.25) is 4.79 Å². The Morgan fingerprint density at radius 1 is 1.36 bits per heavy atom. The van der Waals surface area contributed by atoms with Crippen molar-refractivity contribution in [2.75, 3.05) is 13.7 Å². The summed E-state index contributed by atoms with van der Waals surface area (Å²) >= 11 is 6.12. The van der Waals surface area contributed by atoms with Crippen molar-refractivity contribution in [1.82, 2.24) is 10.5 Å². The van der Waals surface area contributed by atoms with Gasteiger partial charge in [-0.2, -0.15) is 5.26 Å². The molecule has 0 saturated heterocycles. The first-order valence-corrected chi connectivity index (χ1v) is 8.73. The molecular weight excluding hydrogens is 382 g/mol. The largest absolute Gasteiger partial charge is 0.507 e. The van der Waals surface area contributed by atoms with Gasteiger partial charge in [0.15, 0.2) is 11.5 Å². The summed E-state index contributed by atoms with van der Waals surface area (Å²) < 4.78 is 10.6. The minimum Gasteiger partial charge on any atom is -0.507 e. The normalized spacial score (nSPS) is 10.4. The molecule has 0 aliphatic rings. The molecule has 0 radical (unpaired) electrons. The quantitative estimate of drug-likeness (QED) is 0.673. The standard InChI is InChI=1S/C20H16ClN3O4/c1-3-23-20(26)18-17(11-4-6-13(27-2)7-5-11)19(28-24-18)14-9-15(21)12(10-22)8-16(14)25/h4-9,25H,3H2,1-2H3,(H,23,26). The van der Waals surface area contributed by atoms with Crippen molar-refractivity contribution in [3.8, 4) is 40.0 Å². The number of nitrogens with zero attached hydrogens (tertiary/aromatic N) is 2. The molecule has 0 saturated carbocycles. The highest BCUT2D eigenvalue weighted by Gasteiger charge is 2.26. The van der Waals surface area contributed by atoms with Gasteiger partial charge < -0.3 is 19.7 Å². The second kappa shape index (κ2) is 8.03. The predicted molar refractivity (Wildman–Crippen MR) is 103 cm³/mol. The van der Waals surface area contributed by atoms with Crippen molar-refractivity contribution in [3.63, 3.8) is 0 Å². The van der Waals surface area contributed by atoms with Gasteiger partial charge >= 0.3 is 0 Å². The van der Waals surface area contributed by atoms with Gasteiger partial charge in [0.25, 0.3) is 5.91 Å². The summed E-state index contributed by atoms with van der Waals surface area (Å²) in [5, 5.41) is 26.2. The number of phenolic OH excluding ortho intramolecular Hbond substituents is 1. The van der Waals surface area contributed by atoms with Crippen LogP contribution in [0.2, 0.25) is 5.02 Å². The lowest BCUT2D eigenvalue weighted by Gasteiger charge is -2.08. The molecule has 3 aromatic rings. The fourth-order valence-corrected chi connectivity index (χ4v) is 2.93. The molecule has 0 bridgehead atoms. The van der Waals surface area contributed by atoms with E-state index in [-0.39, 0.29) is 33.4 Å². The Labute approximate surface area is 166 Å². The maximum Gasteiger partial charge on any atom is 0.274 e. The molecule has 2 aromatic carbocycles. The van der Waals surface area contributed by atoms with E-state index in [1.54, 1.807) is 38.3 Å². The Balaban J connectivity index is 2.23. The Kier molecular flexibility index (Phi) is 5.52. The fraction of sp³-hybridized carbons (Fsp3) is 0.150. The van der Waals surface area contributed by atoms with Crippen LogP contribution in [0.15, 0.2) is 40.9 Å². The number of halogens is 1. The highest BCUT2D eigenvalue weighted by Crippen LogP contribution is 2.41. The molecule has 142 valence electrons. The Hall–Kier alpha value is -3.50. The summed E-state index contributed by atoms with van der Waals surface area (Å²) in [5.74, 6) is 0.178. The number of amides is 1. The van der Waals surface area contributed by atoms with Gasteiger partial charge in [0.2, 0.25) is 0 Å². The molecule has 0 aliphatic carbocycles. The van der Waals surface area contributed by atoms with Crippen LogP contribution in [0.1, 0.15) is 23.0 Å². The first-order valence-electron chi connectivity index (χ1n) is 8.35. The average molecular weight is 398 g/mol. The third-order valence-electron chi connectivity index (χ3n) is 4.07. The molecule has 3 rings (SSSR count). The zero-order chi connectivity index (χ0) is 20.3. The second-order valence-corrected chi connectivity index (χ2v) is 6.19. The van der Waals surface area contributed by atoms with Crippen LogP contribution < -0.4 is 10.1 Å². The van der Waals surface area contributed by atoms with Crippen LogP contribution in [0.3, 0.4) is 0 Å². The molecule has 28 heavy (non-hydrogen) atoms. The summed E-state index contributed by atoms with van der Waals surface area (Å²) in [7, 11) is 1.55. The molecule has 1 aromatic heterocycles. The molecule has 2 N–H and O–H groups in total. The third kappa shape index (κ3) is 3.50. The van der Waals surface area contributed by atoms with Crippen molar-refractivity contribution < 1.29 is 19.2 Å². The number of benzene rings is 2. The lowest BCUT2D eigenvalue weighted by molar-refractivity contribution is 0.0947. The summed E-state index contributed by atoms with van der Waals surface area (Å²) in [6, 6.07) is 11.5. The molecule has 0 aliphatic heterocycles. The van der Waals surface area contributed by atoms with E-state index in [0.717, 1.165) is 0 Å². The first kappa shape index (κ1) is 19.3.